The van der Waals surface area contributed by atoms with Crippen molar-refractivity contribution in [2.24, 2.45) is 0 Å². The van der Waals surface area contributed by atoms with E-state index >= 15 is 0 Å². The third kappa shape index (κ3) is 5.42. The topological polar surface area (TPSA) is 47.5 Å². The highest BCUT2D eigenvalue weighted by Crippen LogP contribution is 2.20. The molecule has 5 nitrogen and oxygen atoms in total. The van der Waals surface area contributed by atoms with Gasteiger partial charge >= 0.3 is 0 Å². The van der Waals surface area contributed by atoms with Crippen molar-refractivity contribution in [1.29, 1.82) is 0 Å². The van der Waals surface area contributed by atoms with Crippen LogP contribution in [-0.2, 0) is 9.47 Å². The number of anilines is 1. The van der Waals surface area contributed by atoms with E-state index in [9.17, 15) is 0 Å². The van der Waals surface area contributed by atoms with Gasteiger partial charge in [0.2, 0.25) is 0 Å². The van der Waals surface area contributed by atoms with Crippen LogP contribution in [0.15, 0.2) is 10.7 Å². The second-order valence-corrected chi connectivity index (χ2v) is 5.35. The molecule has 0 bridgehead atoms. The van der Waals surface area contributed by atoms with Crippen molar-refractivity contribution >= 4 is 21.7 Å². The number of ether oxygens (including phenoxy) is 2. The number of hydrogen-bond acceptors (Lipinski definition) is 5. The highest BCUT2D eigenvalue weighted by atomic mass is 79.9. The molecule has 0 aliphatic rings. The van der Waals surface area contributed by atoms with Crippen molar-refractivity contribution in [3.63, 3.8) is 0 Å². The van der Waals surface area contributed by atoms with Crippen molar-refractivity contribution in [1.82, 2.24) is 9.97 Å². The Labute approximate surface area is 123 Å². The molecule has 19 heavy (non-hydrogen) atoms. The molecule has 1 aromatic heterocycles. The molecule has 0 unspecified atom stereocenters. The van der Waals surface area contributed by atoms with Gasteiger partial charge in [0.05, 0.1) is 13.2 Å². The van der Waals surface area contributed by atoms with Crippen molar-refractivity contribution in [2.45, 2.75) is 19.8 Å². The number of methoxy groups -OCH3 is 2. The first-order chi connectivity index (χ1) is 9.08. The van der Waals surface area contributed by atoms with E-state index in [0.29, 0.717) is 19.1 Å². The maximum absolute atomic E-state index is 5.14. The van der Waals surface area contributed by atoms with Gasteiger partial charge in [-0.3, -0.25) is 0 Å². The summed E-state index contributed by atoms with van der Waals surface area (Å²) in [6, 6.07) is 1.93. The highest BCUT2D eigenvalue weighted by Gasteiger charge is 2.12. The monoisotopic (exact) mass is 331 g/mol. The molecule has 0 N–H and O–H groups in total. The summed E-state index contributed by atoms with van der Waals surface area (Å²) in [6.45, 7) is 7.03. The molecule has 0 spiro atoms. The maximum atomic E-state index is 5.14. The highest BCUT2D eigenvalue weighted by molar-refractivity contribution is 9.10. The molecule has 0 amide bonds. The largest absolute Gasteiger partial charge is 0.383 e. The van der Waals surface area contributed by atoms with Gasteiger partial charge in [-0.05, 0) is 15.9 Å². The molecule has 6 heteroatoms. The minimum absolute atomic E-state index is 0.294. The predicted molar refractivity (Wildman–Crippen MR) is 79.8 cm³/mol. The molecule has 1 rings (SSSR count). The van der Waals surface area contributed by atoms with Crippen LogP contribution < -0.4 is 4.90 Å². The Morgan fingerprint density at radius 1 is 1.16 bits per heavy atom. The first-order valence-corrected chi connectivity index (χ1v) is 7.15. The molecule has 1 aromatic rings. The summed E-state index contributed by atoms with van der Waals surface area (Å²) < 4.78 is 11.1. The molecule has 0 aromatic carbocycles. The smallest absolute Gasteiger partial charge is 0.134 e. The van der Waals surface area contributed by atoms with E-state index in [1.165, 1.54) is 0 Å². The van der Waals surface area contributed by atoms with Gasteiger partial charge in [-0.15, -0.1) is 0 Å². The van der Waals surface area contributed by atoms with Gasteiger partial charge in [-0.2, -0.15) is 0 Å². The van der Waals surface area contributed by atoms with Crippen LogP contribution in [-0.4, -0.2) is 50.5 Å². The van der Waals surface area contributed by atoms with Gasteiger partial charge < -0.3 is 14.4 Å². The summed E-state index contributed by atoms with van der Waals surface area (Å²) in [4.78, 5) is 11.1. The van der Waals surface area contributed by atoms with Crippen LogP contribution in [0.2, 0.25) is 0 Å². The molecule has 0 saturated heterocycles. The van der Waals surface area contributed by atoms with Gasteiger partial charge in [0.1, 0.15) is 16.2 Å². The molecule has 0 aliphatic heterocycles. The Hall–Kier alpha value is -0.720. The number of halogens is 1. The van der Waals surface area contributed by atoms with Crippen molar-refractivity contribution < 1.29 is 9.47 Å². The Morgan fingerprint density at radius 3 is 2.21 bits per heavy atom. The predicted octanol–water partition coefficient (Wildman–Crippen LogP) is 2.46. The Bertz CT molecular complexity index is 380. The Balaban J connectivity index is 2.92. The fourth-order valence-corrected chi connectivity index (χ4v) is 1.97. The average molecular weight is 332 g/mol. The van der Waals surface area contributed by atoms with Crippen LogP contribution in [0, 0.1) is 0 Å². The van der Waals surface area contributed by atoms with Crippen LogP contribution in [0.5, 0.6) is 0 Å². The fourth-order valence-electron chi connectivity index (χ4n) is 1.59. The number of rotatable bonds is 8. The first-order valence-electron chi connectivity index (χ1n) is 6.35. The number of hydrogen-bond donors (Lipinski definition) is 0. The van der Waals surface area contributed by atoms with Crippen molar-refractivity contribution in [3.8, 4) is 0 Å². The summed E-state index contributed by atoms with van der Waals surface area (Å²) in [5.41, 5.74) is 0. The van der Waals surface area contributed by atoms with Gasteiger partial charge in [-0.25, -0.2) is 9.97 Å². The summed E-state index contributed by atoms with van der Waals surface area (Å²) in [7, 11) is 3.40. The van der Waals surface area contributed by atoms with Crippen molar-refractivity contribution in [3.05, 3.63) is 16.5 Å². The van der Waals surface area contributed by atoms with E-state index in [1.54, 1.807) is 14.2 Å². The number of aromatic nitrogens is 2. The van der Waals surface area contributed by atoms with E-state index in [-0.39, 0.29) is 0 Å². The van der Waals surface area contributed by atoms with E-state index in [0.717, 1.165) is 29.3 Å². The molecule has 0 fully saturated rings. The van der Waals surface area contributed by atoms with E-state index in [2.05, 4.69) is 44.6 Å². The molecule has 1 heterocycles. The first kappa shape index (κ1) is 16.3. The third-order valence-electron chi connectivity index (χ3n) is 2.67. The lowest BCUT2D eigenvalue weighted by Gasteiger charge is -2.24. The average Bonchev–Trinajstić information content (AvgIpc) is 2.38. The SMILES string of the molecule is COCCN(CCOC)c1cc(Br)nc(C(C)C)n1. The summed E-state index contributed by atoms with van der Waals surface area (Å²) in [5.74, 6) is 2.03. The van der Waals surface area contributed by atoms with Crippen molar-refractivity contribution in [2.75, 3.05) is 45.4 Å². The third-order valence-corrected chi connectivity index (χ3v) is 3.08. The van der Waals surface area contributed by atoms with Crippen LogP contribution in [0.25, 0.3) is 0 Å². The summed E-state index contributed by atoms with van der Waals surface area (Å²) in [6.07, 6.45) is 0. The van der Waals surface area contributed by atoms with E-state index in [1.807, 2.05) is 6.07 Å². The molecule has 0 radical (unpaired) electrons. The Morgan fingerprint density at radius 2 is 1.74 bits per heavy atom. The lowest BCUT2D eigenvalue weighted by atomic mass is 10.2. The van der Waals surface area contributed by atoms with Crippen LogP contribution in [0.1, 0.15) is 25.6 Å². The standard InChI is InChI=1S/C13H22BrN3O2/c1-10(2)13-15-11(14)9-12(16-13)17(5-7-18-3)6-8-19-4/h9-10H,5-8H2,1-4H3. The van der Waals surface area contributed by atoms with Gasteiger partial charge in [-0.1, -0.05) is 13.8 Å². The molecule has 0 atom stereocenters. The lowest BCUT2D eigenvalue weighted by molar-refractivity contribution is 0.190. The quantitative estimate of drug-likeness (QED) is 0.685. The lowest BCUT2D eigenvalue weighted by Crippen LogP contribution is -2.31. The second kappa shape index (κ2) is 8.45. The molecule has 0 saturated carbocycles. The second-order valence-electron chi connectivity index (χ2n) is 4.53. The molecular weight excluding hydrogens is 310 g/mol. The zero-order valence-electron chi connectivity index (χ0n) is 12.0. The van der Waals surface area contributed by atoms with Gasteiger partial charge in [0.15, 0.2) is 0 Å². The fraction of sp³-hybridized carbons (Fsp3) is 0.692. The van der Waals surface area contributed by atoms with Crippen LogP contribution >= 0.6 is 15.9 Å². The normalized spacial score (nSPS) is 11.1. The van der Waals surface area contributed by atoms with Crippen LogP contribution in [0.4, 0.5) is 5.82 Å². The molecule has 0 aliphatic carbocycles. The zero-order chi connectivity index (χ0) is 14.3. The van der Waals surface area contributed by atoms with Crippen LogP contribution in [0.3, 0.4) is 0 Å². The summed E-state index contributed by atoms with van der Waals surface area (Å²) >= 11 is 3.45. The minimum atomic E-state index is 0.294. The Kier molecular flexibility index (Phi) is 7.27. The van der Waals surface area contributed by atoms with E-state index < -0.39 is 0 Å². The maximum Gasteiger partial charge on any atom is 0.134 e. The molecule has 108 valence electrons. The summed E-state index contributed by atoms with van der Waals surface area (Å²) in [5, 5.41) is 0. The molecular formula is C13H22BrN3O2. The minimum Gasteiger partial charge on any atom is -0.383 e. The van der Waals surface area contributed by atoms with Gasteiger partial charge in [0.25, 0.3) is 0 Å². The zero-order valence-corrected chi connectivity index (χ0v) is 13.6. The van der Waals surface area contributed by atoms with Gasteiger partial charge in [0, 0.05) is 39.3 Å². The van der Waals surface area contributed by atoms with E-state index in [4.69, 9.17) is 9.47 Å². The number of nitrogens with zero attached hydrogens (tertiary/aromatic N) is 3.